The van der Waals surface area contributed by atoms with Gasteiger partial charge in [0.1, 0.15) is 22.5 Å². The van der Waals surface area contributed by atoms with Gasteiger partial charge in [-0.25, -0.2) is 4.68 Å². The minimum Gasteiger partial charge on any atom is -0.508 e. The molecule has 8 nitrogen and oxygen atoms in total. The van der Waals surface area contributed by atoms with E-state index < -0.39 is 0 Å². The second kappa shape index (κ2) is 4.42. The van der Waals surface area contributed by atoms with E-state index in [1.54, 1.807) is 43.2 Å². The zero-order valence-corrected chi connectivity index (χ0v) is 11.8. The Kier molecular flexibility index (Phi) is 2.52. The van der Waals surface area contributed by atoms with Gasteiger partial charge in [-0.3, -0.25) is 0 Å². The number of phenolic OH excluding ortho intramolecular Hbond substituents is 1. The van der Waals surface area contributed by atoms with Crippen molar-refractivity contribution in [2.45, 2.75) is 0 Å². The van der Waals surface area contributed by atoms with Gasteiger partial charge in [0.25, 0.3) is 0 Å². The third kappa shape index (κ3) is 1.51. The van der Waals surface area contributed by atoms with Gasteiger partial charge in [0.2, 0.25) is 0 Å². The van der Waals surface area contributed by atoms with Crippen LogP contribution in [0, 0.1) is 0 Å². The van der Waals surface area contributed by atoms with Crippen molar-refractivity contribution in [3.63, 3.8) is 0 Å². The molecule has 0 bridgehead atoms. The SMILES string of the molecule is COc1c2c(c3nnn(-c4cccc(O)c4)c3c1OC)N=N2. The minimum absolute atomic E-state index is 0.135. The Morgan fingerprint density at radius 3 is 2.45 bits per heavy atom. The maximum absolute atomic E-state index is 9.67. The predicted molar refractivity (Wildman–Crippen MR) is 77.8 cm³/mol. The number of hydrogen-bond donors (Lipinski definition) is 1. The van der Waals surface area contributed by atoms with Gasteiger partial charge in [-0.05, 0) is 12.1 Å². The first kappa shape index (κ1) is 12.6. The third-order valence-corrected chi connectivity index (χ3v) is 3.49. The van der Waals surface area contributed by atoms with Gasteiger partial charge in [-0.1, -0.05) is 11.3 Å². The lowest BCUT2D eigenvalue weighted by atomic mass is 10.1. The molecule has 1 aliphatic heterocycles. The summed E-state index contributed by atoms with van der Waals surface area (Å²) in [6.45, 7) is 0. The van der Waals surface area contributed by atoms with Crippen LogP contribution in [-0.4, -0.2) is 34.3 Å². The van der Waals surface area contributed by atoms with Crippen LogP contribution in [0.25, 0.3) is 16.7 Å². The standard InChI is InChI=1S/C14H11N5O3/c1-21-13-11-9(15-16-11)10-12(14(13)22-2)19(18-17-10)7-4-3-5-8(20)6-7/h3-6,20H,1-2H3. The first-order valence-corrected chi connectivity index (χ1v) is 6.49. The molecule has 1 aromatic heterocycles. The molecule has 0 atom stereocenters. The average Bonchev–Trinajstić information content (AvgIpc) is 2.90. The maximum Gasteiger partial charge on any atom is 0.193 e. The van der Waals surface area contributed by atoms with Crippen LogP contribution in [0.5, 0.6) is 17.2 Å². The number of azo groups is 1. The molecule has 0 spiro atoms. The highest BCUT2D eigenvalue weighted by atomic mass is 16.5. The first-order chi connectivity index (χ1) is 10.7. The number of rotatable bonds is 3. The normalized spacial score (nSPS) is 12.1. The van der Waals surface area contributed by atoms with Crippen molar-refractivity contribution in [2.75, 3.05) is 14.2 Å². The van der Waals surface area contributed by atoms with E-state index in [-0.39, 0.29) is 5.75 Å². The number of aromatic hydroxyl groups is 1. The Morgan fingerprint density at radius 1 is 1.05 bits per heavy atom. The van der Waals surface area contributed by atoms with Gasteiger partial charge in [-0.2, -0.15) is 0 Å². The molecule has 8 heteroatoms. The fraction of sp³-hybridized carbons (Fsp3) is 0.143. The lowest BCUT2D eigenvalue weighted by Gasteiger charge is -2.16. The van der Waals surface area contributed by atoms with Crippen molar-refractivity contribution in [3.8, 4) is 22.9 Å². The van der Waals surface area contributed by atoms with Gasteiger partial charge in [0.05, 0.1) is 19.9 Å². The molecule has 1 aliphatic rings. The Morgan fingerprint density at radius 2 is 1.82 bits per heavy atom. The second-order valence-corrected chi connectivity index (χ2v) is 4.68. The Labute approximate surface area is 124 Å². The summed E-state index contributed by atoms with van der Waals surface area (Å²) in [5.41, 5.74) is 3.07. The fourth-order valence-corrected chi connectivity index (χ4v) is 2.51. The molecular formula is C14H11N5O3. The van der Waals surface area contributed by atoms with Crippen LogP contribution in [0.15, 0.2) is 34.5 Å². The lowest BCUT2D eigenvalue weighted by molar-refractivity contribution is 0.358. The Bertz CT molecular complexity index is 932. The number of ether oxygens (including phenoxy) is 2. The quantitative estimate of drug-likeness (QED) is 0.627. The van der Waals surface area contributed by atoms with E-state index in [0.29, 0.717) is 39.6 Å². The van der Waals surface area contributed by atoms with Crippen molar-refractivity contribution in [1.82, 2.24) is 15.0 Å². The summed E-state index contributed by atoms with van der Waals surface area (Å²) in [4.78, 5) is 0. The molecule has 110 valence electrons. The molecule has 0 unspecified atom stereocenters. The summed E-state index contributed by atoms with van der Waals surface area (Å²) >= 11 is 0. The molecule has 2 aromatic carbocycles. The second-order valence-electron chi connectivity index (χ2n) is 4.68. The Balaban J connectivity index is 2.09. The summed E-state index contributed by atoms with van der Waals surface area (Å²) in [6, 6.07) is 6.70. The largest absolute Gasteiger partial charge is 0.508 e. The van der Waals surface area contributed by atoms with E-state index in [1.165, 1.54) is 0 Å². The van der Waals surface area contributed by atoms with Gasteiger partial charge >= 0.3 is 0 Å². The summed E-state index contributed by atoms with van der Waals surface area (Å²) in [6.07, 6.45) is 0. The number of methoxy groups -OCH3 is 2. The van der Waals surface area contributed by atoms with Crippen LogP contribution >= 0.6 is 0 Å². The zero-order valence-electron chi connectivity index (χ0n) is 11.8. The van der Waals surface area contributed by atoms with Crippen LogP contribution < -0.4 is 9.47 Å². The summed E-state index contributed by atoms with van der Waals surface area (Å²) in [5.74, 6) is 1.10. The van der Waals surface area contributed by atoms with Crippen molar-refractivity contribution in [1.29, 1.82) is 0 Å². The summed E-state index contributed by atoms with van der Waals surface area (Å²) < 4.78 is 12.4. The van der Waals surface area contributed by atoms with Gasteiger partial charge in [0, 0.05) is 6.07 Å². The summed E-state index contributed by atoms with van der Waals surface area (Å²) in [7, 11) is 3.08. The average molecular weight is 297 g/mol. The zero-order chi connectivity index (χ0) is 15.3. The number of benzene rings is 2. The van der Waals surface area contributed by atoms with Crippen LogP contribution in [0.2, 0.25) is 0 Å². The number of nitrogens with zero attached hydrogens (tertiary/aromatic N) is 5. The fourth-order valence-electron chi connectivity index (χ4n) is 2.51. The minimum atomic E-state index is 0.135. The smallest absolute Gasteiger partial charge is 0.193 e. The van der Waals surface area contributed by atoms with E-state index in [4.69, 9.17) is 9.47 Å². The van der Waals surface area contributed by atoms with E-state index in [2.05, 4.69) is 20.5 Å². The van der Waals surface area contributed by atoms with Crippen molar-refractivity contribution < 1.29 is 14.6 Å². The monoisotopic (exact) mass is 297 g/mol. The highest BCUT2D eigenvalue weighted by Gasteiger charge is 2.30. The molecule has 0 aliphatic carbocycles. The van der Waals surface area contributed by atoms with Crippen LogP contribution in [0.4, 0.5) is 11.4 Å². The number of aromatic nitrogens is 3. The molecule has 0 radical (unpaired) electrons. The molecule has 1 N–H and O–H groups in total. The molecule has 3 aromatic rings. The van der Waals surface area contributed by atoms with Crippen LogP contribution in [-0.2, 0) is 0 Å². The Hall–Kier alpha value is -3.16. The highest BCUT2D eigenvalue weighted by Crippen LogP contribution is 2.55. The van der Waals surface area contributed by atoms with E-state index in [9.17, 15) is 5.11 Å². The van der Waals surface area contributed by atoms with Crippen LogP contribution in [0.1, 0.15) is 0 Å². The molecule has 0 saturated heterocycles. The topological polar surface area (TPSA) is 94.1 Å². The van der Waals surface area contributed by atoms with Crippen LogP contribution in [0.3, 0.4) is 0 Å². The summed E-state index contributed by atoms with van der Waals surface area (Å²) in [5, 5.41) is 25.9. The highest BCUT2D eigenvalue weighted by molar-refractivity contribution is 6.03. The van der Waals surface area contributed by atoms with Gasteiger partial charge in [-0.15, -0.1) is 15.3 Å². The molecule has 0 saturated carbocycles. The van der Waals surface area contributed by atoms with Crippen molar-refractivity contribution in [3.05, 3.63) is 24.3 Å². The molecule has 4 rings (SSSR count). The third-order valence-electron chi connectivity index (χ3n) is 3.49. The molecule has 0 amide bonds. The lowest BCUT2D eigenvalue weighted by Crippen LogP contribution is -2.00. The van der Waals surface area contributed by atoms with E-state index >= 15 is 0 Å². The number of phenols is 1. The first-order valence-electron chi connectivity index (χ1n) is 6.49. The number of hydrogen-bond acceptors (Lipinski definition) is 7. The van der Waals surface area contributed by atoms with Crippen molar-refractivity contribution in [2.24, 2.45) is 10.2 Å². The van der Waals surface area contributed by atoms with Crippen molar-refractivity contribution >= 4 is 22.4 Å². The van der Waals surface area contributed by atoms with E-state index in [0.717, 1.165) is 0 Å². The van der Waals surface area contributed by atoms with Gasteiger partial charge < -0.3 is 14.6 Å². The molecule has 22 heavy (non-hydrogen) atoms. The predicted octanol–water partition coefficient (Wildman–Crippen LogP) is 2.87. The van der Waals surface area contributed by atoms with E-state index in [1.807, 2.05) is 0 Å². The number of fused-ring (bicyclic) bond motifs is 3. The molecule has 2 heterocycles. The maximum atomic E-state index is 9.67. The van der Waals surface area contributed by atoms with Gasteiger partial charge in [0.15, 0.2) is 17.2 Å². The molecule has 0 fully saturated rings. The molecular weight excluding hydrogens is 286 g/mol.